The molecule has 0 saturated heterocycles. The number of allylic oxidation sites excluding steroid dienone is 1. The average molecular weight is 374 g/mol. The number of rotatable bonds is 5. The Balaban J connectivity index is 1.78. The van der Waals surface area contributed by atoms with Gasteiger partial charge in [0.15, 0.2) is 0 Å². The fourth-order valence-electron chi connectivity index (χ4n) is 3.10. The molecule has 0 bridgehead atoms. The predicted octanol–water partition coefficient (Wildman–Crippen LogP) is 3.20. The zero-order valence-corrected chi connectivity index (χ0v) is 15.2. The minimum atomic E-state index is -0.335. The number of ether oxygens (including phenoxy) is 1. The molecule has 2 aromatic carbocycles. The van der Waals surface area contributed by atoms with Gasteiger partial charge in [0.05, 0.1) is 18.8 Å². The average Bonchev–Trinajstić information content (AvgIpc) is 3.08. The van der Waals surface area contributed by atoms with Crippen molar-refractivity contribution in [2.75, 3.05) is 7.11 Å². The molecule has 2 N–H and O–H groups in total. The maximum Gasteiger partial charge on any atom is 0.298 e. The summed E-state index contributed by atoms with van der Waals surface area (Å²) in [6.45, 7) is 3.68. The van der Waals surface area contributed by atoms with Crippen LogP contribution in [0.4, 0.5) is 0 Å². The van der Waals surface area contributed by atoms with Crippen molar-refractivity contribution in [1.29, 1.82) is 0 Å². The Morgan fingerprint density at radius 3 is 3.00 bits per heavy atom. The Morgan fingerprint density at radius 2 is 2.21 bits per heavy atom. The zero-order valence-electron chi connectivity index (χ0n) is 15.2. The molecule has 0 saturated carbocycles. The van der Waals surface area contributed by atoms with Crippen LogP contribution in [0.1, 0.15) is 11.1 Å². The fourth-order valence-corrected chi connectivity index (χ4v) is 3.10. The molecular weight excluding hydrogens is 356 g/mol. The summed E-state index contributed by atoms with van der Waals surface area (Å²) in [6, 6.07) is 10.8. The lowest BCUT2D eigenvalue weighted by Crippen LogP contribution is -2.17. The van der Waals surface area contributed by atoms with E-state index in [1.807, 2.05) is 30.3 Å². The van der Waals surface area contributed by atoms with Crippen molar-refractivity contribution in [3.8, 4) is 11.5 Å². The first-order valence-electron chi connectivity index (χ1n) is 8.65. The summed E-state index contributed by atoms with van der Waals surface area (Å²) in [7, 11) is 1.59. The van der Waals surface area contributed by atoms with E-state index < -0.39 is 0 Å². The smallest absolute Gasteiger partial charge is 0.298 e. The van der Waals surface area contributed by atoms with Gasteiger partial charge in [-0.05, 0) is 30.2 Å². The van der Waals surface area contributed by atoms with E-state index in [9.17, 15) is 9.90 Å². The van der Waals surface area contributed by atoms with Gasteiger partial charge in [0, 0.05) is 17.0 Å². The Labute approximate surface area is 160 Å². The van der Waals surface area contributed by atoms with Crippen LogP contribution < -0.4 is 10.3 Å². The van der Waals surface area contributed by atoms with Crippen molar-refractivity contribution in [2.45, 2.75) is 6.42 Å². The lowest BCUT2D eigenvalue weighted by molar-refractivity contribution is 0.415. The van der Waals surface area contributed by atoms with Crippen molar-refractivity contribution in [3.05, 3.63) is 76.9 Å². The highest BCUT2D eigenvalue weighted by Gasteiger charge is 2.11. The number of phenolic OH excluding ortho intramolecular Hbond substituents is 1. The fraction of sp³-hybridized carbons (Fsp3) is 0.0952. The molecule has 0 fully saturated rings. The van der Waals surface area contributed by atoms with Gasteiger partial charge in [-0.3, -0.25) is 4.79 Å². The summed E-state index contributed by atoms with van der Waals surface area (Å²) in [5, 5.41) is 15.3. The highest BCUT2D eigenvalue weighted by Crippen LogP contribution is 2.25. The van der Waals surface area contributed by atoms with Crippen LogP contribution in [-0.4, -0.2) is 33.1 Å². The molecule has 0 atom stereocenters. The molecule has 4 rings (SSSR count). The van der Waals surface area contributed by atoms with Crippen molar-refractivity contribution in [3.63, 3.8) is 0 Å². The predicted molar refractivity (Wildman–Crippen MR) is 109 cm³/mol. The van der Waals surface area contributed by atoms with Crippen molar-refractivity contribution >= 4 is 28.2 Å². The molecule has 0 unspecified atom stereocenters. The minimum Gasteiger partial charge on any atom is -0.507 e. The largest absolute Gasteiger partial charge is 0.507 e. The Hall–Kier alpha value is -3.87. The van der Waals surface area contributed by atoms with Gasteiger partial charge in [0.1, 0.15) is 28.9 Å². The van der Waals surface area contributed by atoms with E-state index in [0.29, 0.717) is 28.8 Å². The van der Waals surface area contributed by atoms with Gasteiger partial charge in [-0.2, -0.15) is 9.78 Å². The second kappa shape index (κ2) is 7.03. The number of methoxy groups -OCH3 is 1. The first-order chi connectivity index (χ1) is 13.6. The molecule has 0 aliphatic rings. The molecule has 0 aliphatic heterocycles. The van der Waals surface area contributed by atoms with E-state index in [2.05, 4.69) is 21.6 Å². The van der Waals surface area contributed by atoms with Crippen molar-refractivity contribution in [1.82, 2.24) is 14.6 Å². The maximum atomic E-state index is 12.8. The molecular formula is C21H18N4O3. The van der Waals surface area contributed by atoms with E-state index in [4.69, 9.17) is 4.74 Å². The highest BCUT2D eigenvalue weighted by atomic mass is 16.5. The Kier molecular flexibility index (Phi) is 4.41. The van der Waals surface area contributed by atoms with Gasteiger partial charge in [0.2, 0.25) is 0 Å². The number of aromatic amines is 1. The molecule has 140 valence electrons. The van der Waals surface area contributed by atoms with Crippen LogP contribution in [0.15, 0.2) is 65.3 Å². The molecule has 7 heteroatoms. The molecule has 2 heterocycles. The van der Waals surface area contributed by atoms with E-state index in [1.54, 1.807) is 19.3 Å². The molecule has 0 aliphatic carbocycles. The molecule has 7 nitrogen and oxygen atoms in total. The third-order valence-corrected chi connectivity index (χ3v) is 4.53. The molecule has 2 aromatic heterocycles. The second-order valence-electron chi connectivity index (χ2n) is 6.25. The van der Waals surface area contributed by atoms with Crippen molar-refractivity contribution in [2.24, 2.45) is 5.10 Å². The number of hydrogen-bond acceptors (Lipinski definition) is 5. The van der Waals surface area contributed by atoms with Gasteiger partial charge < -0.3 is 14.8 Å². The maximum absolute atomic E-state index is 12.8. The van der Waals surface area contributed by atoms with Crippen molar-refractivity contribution < 1.29 is 9.84 Å². The van der Waals surface area contributed by atoms with Crippen LogP contribution in [0.2, 0.25) is 0 Å². The molecule has 4 aromatic rings. The van der Waals surface area contributed by atoms with Crippen LogP contribution >= 0.6 is 0 Å². The van der Waals surface area contributed by atoms with Crippen LogP contribution in [0.25, 0.3) is 21.9 Å². The van der Waals surface area contributed by atoms with E-state index in [0.717, 1.165) is 21.1 Å². The standard InChI is InChI=1S/C21H18N4O3/c1-3-5-13-6-4-7-14(20(13)26)11-23-25-12-22-18-16-9-8-15(28-2)10-17(16)24-19(18)21(25)27/h3-4,6-12,24,26H,1,5H2,2H3/b23-11+. The summed E-state index contributed by atoms with van der Waals surface area (Å²) in [5.74, 6) is 0.804. The molecule has 0 amide bonds. The monoisotopic (exact) mass is 374 g/mol. The van der Waals surface area contributed by atoms with E-state index in [-0.39, 0.29) is 11.3 Å². The number of phenols is 1. The minimum absolute atomic E-state index is 0.117. The lowest BCUT2D eigenvalue weighted by atomic mass is 10.1. The Morgan fingerprint density at radius 1 is 1.36 bits per heavy atom. The number of nitrogens with one attached hydrogen (secondary N) is 1. The van der Waals surface area contributed by atoms with Gasteiger partial charge in [0.25, 0.3) is 5.56 Å². The van der Waals surface area contributed by atoms with Gasteiger partial charge in [-0.15, -0.1) is 6.58 Å². The van der Waals surface area contributed by atoms with Crippen LogP contribution in [0.3, 0.4) is 0 Å². The number of benzene rings is 2. The van der Waals surface area contributed by atoms with E-state index in [1.165, 1.54) is 12.5 Å². The molecule has 0 radical (unpaired) electrons. The number of H-pyrrole nitrogens is 1. The third kappa shape index (κ3) is 2.92. The quantitative estimate of drug-likeness (QED) is 0.414. The normalized spacial score (nSPS) is 11.5. The Bertz CT molecular complexity index is 1280. The summed E-state index contributed by atoms with van der Waals surface area (Å²) < 4.78 is 6.35. The van der Waals surface area contributed by atoms with Gasteiger partial charge in [-0.1, -0.05) is 18.2 Å². The van der Waals surface area contributed by atoms with Crippen LogP contribution in [-0.2, 0) is 6.42 Å². The number of para-hydroxylation sites is 1. The summed E-state index contributed by atoms with van der Waals surface area (Å²) in [6.07, 6.45) is 5.05. The summed E-state index contributed by atoms with van der Waals surface area (Å²) >= 11 is 0. The van der Waals surface area contributed by atoms with E-state index >= 15 is 0 Å². The number of aromatic hydroxyl groups is 1. The number of fused-ring (bicyclic) bond motifs is 3. The second-order valence-corrected chi connectivity index (χ2v) is 6.25. The summed E-state index contributed by atoms with van der Waals surface area (Å²) in [5.41, 5.74) is 2.60. The van der Waals surface area contributed by atoms with Gasteiger partial charge in [-0.25, -0.2) is 4.98 Å². The molecule has 28 heavy (non-hydrogen) atoms. The number of aromatic nitrogens is 3. The van der Waals surface area contributed by atoms with Crippen LogP contribution in [0, 0.1) is 0 Å². The van der Waals surface area contributed by atoms with Crippen LogP contribution in [0.5, 0.6) is 11.5 Å². The lowest BCUT2D eigenvalue weighted by Gasteiger charge is -2.04. The number of nitrogens with zero attached hydrogens (tertiary/aromatic N) is 3. The number of hydrogen-bond donors (Lipinski definition) is 2. The SMILES string of the molecule is C=CCc1cccc(/C=N/n2cnc3c([nH]c4cc(OC)ccc43)c2=O)c1O. The highest BCUT2D eigenvalue weighted by molar-refractivity contribution is 6.04. The van der Waals surface area contributed by atoms with Gasteiger partial charge >= 0.3 is 0 Å². The first kappa shape index (κ1) is 17.5. The molecule has 0 spiro atoms. The zero-order chi connectivity index (χ0) is 19.7. The topological polar surface area (TPSA) is 92.5 Å². The first-order valence-corrected chi connectivity index (χ1v) is 8.65. The third-order valence-electron chi connectivity index (χ3n) is 4.53. The summed E-state index contributed by atoms with van der Waals surface area (Å²) in [4.78, 5) is 20.3.